The molecule has 0 radical (unpaired) electrons. The van der Waals surface area contributed by atoms with Crippen molar-refractivity contribution >= 4 is 50.8 Å². The van der Waals surface area contributed by atoms with Crippen LogP contribution in [0.1, 0.15) is 18.1 Å². The Morgan fingerprint density at radius 3 is 2.46 bits per heavy atom. The number of rotatable bonds is 1. The number of thiocarbonyl (C=S) groups is 2. The van der Waals surface area contributed by atoms with Crippen molar-refractivity contribution in [3.05, 3.63) is 64.1 Å². The molecular formula is C17H11F3OS3. The van der Waals surface area contributed by atoms with Crippen LogP contribution in [0.3, 0.4) is 0 Å². The maximum atomic E-state index is 13.2. The van der Waals surface area contributed by atoms with Gasteiger partial charge in [0.15, 0.2) is 0 Å². The molecule has 1 aliphatic carbocycles. The van der Waals surface area contributed by atoms with Gasteiger partial charge >= 0.3 is 6.18 Å². The molecule has 0 spiro atoms. The highest BCUT2D eigenvalue weighted by atomic mass is 32.2. The molecule has 3 rings (SSSR count). The predicted molar refractivity (Wildman–Crippen MR) is 99.0 cm³/mol. The summed E-state index contributed by atoms with van der Waals surface area (Å²) in [4.78, 5) is 1.01. The molecule has 7 heteroatoms. The first-order chi connectivity index (χ1) is 11.1. The van der Waals surface area contributed by atoms with Gasteiger partial charge in [-0.25, -0.2) is 0 Å². The molecule has 1 N–H and O–H groups in total. The molecule has 1 atom stereocenters. The first-order valence-electron chi connectivity index (χ1n) is 6.91. The van der Waals surface area contributed by atoms with E-state index in [0.717, 1.165) is 17.8 Å². The highest BCUT2D eigenvalue weighted by Gasteiger charge is 2.39. The number of hydrogen-bond acceptors (Lipinski definition) is 4. The molecule has 1 aromatic rings. The second kappa shape index (κ2) is 5.91. The van der Waals surface area contributed by atoms with E-state index < -0.39 is 17.3 Å². The number of allylic oxidation sites excluding steroid dienone is 2. The minimum atomic E-state index is -4.43. The summed E-state index contributed by atoms with van der Waals surface area (Å²) >= 11 is 11.6. The Labute approximate surface area is 151 Å². The molecule has 0 saturated carbocycles. The van der Waals surface area contributed by atoms with Crippen LogP contribution in [0.25, 0.3) is 4.91 Å². The molecule has 1 aliphatic heterocycles. The van der Waals surface area contributed by atoms with E-state index in [0.29, 0.717) is 16.1 Å². The zero-order valence-electron chi connectivity index (χ0n) is 12.3. The topological polar surface area (TPSA) is 20.2 Å². The average Bonchev–Trinajstić information content (AvgIpc) is 2.52. The fourth-order valence-electron chi connectivity index (χ4n) is 2.49. The number of thioether (sulfide) groups is 1. The molecule has 1 unspecified atom stereocenters. The van der Waals surface area contributed by atoms with Crippen LogP contribution in [-0.4, -0.2) is 20.4 Å². The summed E-state index contributed by atoms with van der Waals surface area (Å²) in [6.45, 7) is 1.52. The molecule has 0 bridgehead atoms. The summed E-state index contributed by atoms with van der Waals surface area (Å²) in [6.07, 6.45) is -1.21. The quantitative estimate of drug-likeness (QED) is 0.679. The van der Waals surface area contributed by atoms with Crippen LogP contribution in [0.4, 0.5) is 13.2 Å². The lowest BCUT2D eigenvalue weighted by Crippen LogP contribution is -2.44. The Bertz CT molecular complexity index is 845. The Balaban J connectivity index is 2.09. The largest absolute Gasteiger partial charge is 0.417 e. The summed E-state index contributed by atoms with van der Waals surface area (Å²) in [7, 11) is 0. The van der Waals surface area contributed by atoms with E-state index in [9.17, 15) is 18.3 Å². The van der Waals surface area contributed by atoms with Gasteiger partial charge < -0.3 is 5.11 Å². The number of aliphatic hydroxyl groups is 1. The van der Waals surface area contributed by atoms with Crippen molar-refractivity contribution in [3.63, 3.8) is 0 Å². The van der Waals surface area contributed by atoms with Gasteiger partial charge in [-0.3, -0.25) is 0 Å². The van der Waals surface area contributed by atoms with E-state index >= 15 is 0 Å². The number of benzene rings is 1. The summed E-state index contributed by atoms with van der Waals surface area (Å²) in [5.74, 6) is 0. The number of hydrogen-bond donors (Lipinski definition) is 1. The molecular weight excluding hydrogens is 373 g/mol. The number of halogens is 3. The molecule has 24 heavy (non-hydrogen) atoms. The molecule has 1 heterocycles. The van der Waals surface area contributed by atoms with Gasteiger partial charge in [0, 0.05) is 16.0 Å². The SMILES string of the molecule is CC1(O)C(=S)C=C2C=C(c3ccccc3C(F)(F)F)SC=C2C1=S. The Morgan fingerprint density at radius 1 is 1.12 bits per heavy atom. The van der Waals surface area contributed by atoms with Gasteiger partial charge in [-0.1, -0.05) is 54.4 Å². The number of fused-ring (bicyclic) bond motifs is 1. The van der Waals surface area contributed by atoms with Gasteiger partial charge in [-0.15, -0.1) is 0 Å². The second-order valence-corrected chi connectivity index (χ2v) is 7.33. The van der Waals surface area contributed by atoms with Crippen molar-refractivity contribution in [2.24, 2.45) is 0 Å². The van der Waals surface area contributed by atoms with Crippen molar-refractivity contribution in [3.8, 4) is 0 Å². The lowest BCUT2D eigenvalue weighted by molar-refractivity contribution is -0.137. The molecule has 0 saturated heterocycles. The van der Waals surface area contributed by atoms with Crippen molar-refractivity contribution in [1.29, 1.82) is 0 Å². The third kappa shape index (κ3) is 2.90. The molecule has 2 aliphatic rings. The summed E-state index contributed by atoms with van der Waals surface area (Å²) < 4.78 is 39.7. The molecule has 0 amide bonds. The number of alkyl halides is 3. The van der Waals surface area contributed by atoms with Crippen LogP contribution < -0.4 is 0 Å². The van der Waals surface area contributed by atoms with Crippen LogP contribution >= 0.6 is 36.2 Å². The summed E-state index contributed by atoms with van der Waals surface area (Å²) in [6, 6.07) is 5.44. The molecule has 124 valence electrons. The molecule has 1 nitrogen and oxygen atoms in total. The van der Waals surface area contributed by atoms with Crippen molar-refractivity contribution in [2.75, 3.05) is 0 Å². The molecule has 0 fully saturated rings. The van der Waals surface area contributed by atoms with Crippen LogP contribution in [-0.2, 0) is 6.18 Å². The van der Waals surface area contributed by atoms with Crippen LogP contribution in [0.15, 0.2) is 53.0 Å². The maximum absolute atomic E-state index is 13.2. The minimum absolute atomic E-state index is 0.111. The van der Waals surface area contributed by atoms with Crippen molar-refractivity contribution in [1.82, 2.24) is 0 Å². The zero-order valence-corrected chi connectivity index (χ0v) is 14.8. The van der Waals surface area contributed by atoms with Crippen LogP contribution in [0.2, 0.25) is 0 Å². The van der Waals surface area contributed by atoms with Crippen molar-refractivity contribution in [2.45, 2.75) is 18.7 Å². The zero-order chi connectivity index (χ0) is 17.7. The first-order valence-corrected chi connectivity index (χ1v) is 8.61. The Morgan fingerprint density at radius 2 is 1.79 bits per heavy atom. The van der Waals surface area contributed by atoms with Crippen LogP contribution in [0, 0.1) is 0 Å². The van der Waals surface area contributed by atoms with E-state index in [-0.39, 0.29) is 15.3 Å². The van der Waals surface area contributed by atoms with Gasteiger partial charge in [0.1, 0.15) is 5.60 Å². The lowest BCUT2D eigenvalue weighted by Gasteiger charge is -2.32. The average molecular weight is 384 g/mol. The fourth-order valence-corrected chi connectivity index (χ4v) is 4.14. The second-order valence-electron chi connectivity index (χ2n) is 5.57. The summed E-state index contributed by atoms with van der Waals surface area (Å²) in [5, 5.41) is 12.0. The normalized spacial score (nSPS) is 24.1. The maximum Gasteiger partial charge on any atom is 0.417 e. The third-order valence-corrected chi connectivity index (χ3v) is 5.93. The van der Waals surface area contributed by atoms with Gasteiger partial charge in [0.05, 0.1) is 15.3 Å². The van der Waals surface area contributed by atoms with Gasteiger partial charge in [0.2, 0.25) is 0 Å². The van der Waals surface area contributed by atoms with E-state index in [4.69, 9.17) is 24.4 Å². The standard InChI is InChI=1S/C17H11F3OS3/c1-16(21)14(22)7-9-6-13(24-8-11(9)15(16)23)10-4-2-3-5-12(10)17(18,19)20/h2-8,21H,1H3. The lowest BCUT2D eigenvalue weighted by atomic mass is 9.83. The smallest absolute Gasteiger partial charge is 0.379 e. The molecule has 1 aromatic carbocycles. The fraction of sp³-hybridized carbons (Fsp3) is 0.176. The Kier molecular flexibility index (Phi) is 4.32. The third-order valence-electron chi connectivity index (χ3n) is 3.85. The van der Waals surface area contributed by atoms with Crippen LogP contribution in [0.5, 0.6) is 0 Å². The van der Waals surface area contributed by atoms with E-state index in [1.807, 2.05) is 0 Å². The Hall–Kier alpha value is -1.28. The van der Waals surface area contributed by atoms with Gasteiger partial charge in [-0.2, -0.15) is 13.2 Å². The highest BCUT2D eigenvalue weighted by Crippen LogP contribution is 2.44. The monoisotopic (exact) mass is 384 g/mol. The van der Waals surface area contributed by atoms with E-state index in [1.54, 1.807) is 23.6 Å². The summed E-state index contributed by atoms with van der Waals surface area (Å²) in [5.41, 5.74) is -0.714. The predicted octanol–water partition coefficient (Wildman–Crippen LogP) is 5.11. The minimum Gasteiger partial charge on any atom is -0.379 e. The highest BCUT2D eigenvalue weighted by molar-refractivity contribution is 8.11. The first kappa shape index (κ1) is 17.5. The molecule has 0 aromatic heterocycles. The van der Waals surface area contributed by atoms with E-state index in [2.05, 4.69) is 0 Å². The van der Waals surface area contributed by atoms with Gasteiger partial charge in [-0.05, 0) is 36.1 Å². The van der Waals surface area contributed by atoms with E-state index in [1.165, 1.54) is 19.1 Å². The van der Waals surface area contributed by atoms with Gasteiger partial charge in [0.25, 0.3) is 0 Å². The van der Waals surface area contributed by atoms with Crippen molar-refractivity contribution < 1.29 is 18.3 Å².